The van der Waals surface area contributed by atoms with Gasteiger partial charge in [0.15, 0.2) is 0 Å². The van der Waals surface area contributed by atoms with E-state index in [1.807, 2.05) is 6.92 Å². The van der Waals surface area contributed by atoms with Crippen LogP contribution >= 0.6 is 0 Å². The second-order valence-corrected chi connectivity index (χ2v) is 7.34. The van der Waals surface area contributed by atoms with Crippen LogP contribution in [0.15, 0.2) is 23.2 Å². The van der Waals surface area contributed by atoms with E-state index in [4.69, 9.17) is 0 Å². The molecule has 2 rings (SSSR count). The van der Waals surface area contributed by atoms with Crippen LogP contribution in [0.3, 0.4) is 0 Å². The van der Waals surface area contributed by atoms with E-state index in [0.717, 1.165) is 6.42 Å². The van der Waals surface area contributed by atoms with Gasteiger partial charge in [0.05, 0.1) is 6.10 Å². The second-order valence-electron chi connectivity index (χ2n) is 5.43. The van der Waals surface area contributed by atoms with Crippen LogP contribution < -0.4 is 5.32 Å². The molecular formula is C14H23N3O3S. The minimum atomic E-state index is -3.57. The normalized spacial score (nSPS) is 21.4. The molecule has 2 unspecified atom stereocenters. The fourth-order valence-corrected chi connectivity index (χ4v) is 4.11. The SMILES string of the molecule is CCCNc1ncccc1S(=O)(=O)N1CCC(C(C)O)C1. The van der Waals surface area contributed by atoms with Gasteiger partial charge in [-0.15, -0.1) is 0 Å². The predicted octanol–water partition coefficient (Wildman–Crippen LogP) is 1.29. The summed E-state index contributed by atoms with van der Waals surface area (Å²) in [5.41, 5.74) is 0. The number of nitrogens with zero attached hydrogens (tertiary/aromatic N) is 2. The molecule has 0 saturated carbocycles. The number of hydrogen-bond acceptors (Lipinski definition) is 5. The predicted molar refractivity (Wildman–Crippen MR) is 81.6 cm³/mol. The molecular weight excluding hydrogens is 290 g/mol. The van der Waals surface area contributed by atoms with Crippen LogP contribution in [0.2, 0.25) is 0 Å². The zero-order valence-corrected chi connectivity index (χ0v) is 13.3. The first-order chi connectivity index (χ1) is 9.96. The fraction of sp³-hybridized carbons (Fsp3) is 0.643. The van der Waals surface area contributed by atoms with Crippen molar-refractivity contribution < 1.29 is 13.5 Å². The third-order valence-electron chi connectivity index (χ3n) is 3.80. The Morgan fingerprint density at radius 2 is 2.33 bits per heavy atom. The van der Waals surface area contributed by atoms with E-state index in [2.05, 4.69) is 10.3 Å². The Balaban J connectivity index is 2.24. The second kappa shape index (κ2) is 6.72. The Hall–Kier alpha value is -1.18. The average Bonchev–Trinajstić information content (AvgIpc) is 2.96. The highest BCUT2D eigenvalue weighted by Crippen LogP contribution is 2.28. The van der Waals surface area contributed by atoms with E-state index in [1.165, 1.54) is 4.31 Å². The van der Waals surface area contributed by atoms with E-state index < -0.39 is 16.1 Å². The smallest absolute Gasteiger partial charge is 0.246 e. The van der Waals surface area contributed by atoms with Gasteiger partial charge in [0.1, 0.15) is 10.7 Å². The summed E-state index contributed by atoms with van der Waals surface area (Å²) in [5.74, 6) is 0.406. The Bertz CT molecular complexity index is 575. The third-order valence-corrected chi connectivity index (χ3v) is 5.70. The standard InChI is InChI=1S/C14H23N3O3S/c1-3-7-15-14-13(5-4-8-16-14)21(19,20)17-9-6-12(10-17)11(2)18/h4-5,8,11-12,18H,3,6-7,9-10H2,1-2H3,(H,15,16). The van der Waals surface area contributed by atoms with Gasteiger partial charge in [-0.3, -0.25) is 0 Å². The number of aliphatic hydroxyl groups is 1. The summed E-state index contributed by atoms with van der Waals surface area (Å²) in [6.07, 6.45) is 2.68. The lowest BCUT2D eigenvalue weighted by Crippen LogP contribution is -2.31. The summed E-state index contributed by atoms with van der Waals surface area (Å²) in [6.45, 7) is 5.20. The minimum Gasteiger partial charge on any atom is -0.393 e. The van der Waals surface area contributed by atoms with Gasteiger partial charge in [-0.1, -0.05) is 6.92 Å². The maximum absolute atomic E-state index is 12.8. The molecule has 0 aliphatic carbocycles. The van der Waals surface area contributed by atoms with Crippen LogP contribution in [-0.2, 0) is 10.0 Å². The largest absolute Gasteiger partial charge is 0.393 e. The zero-order valence-electron chi connectivity index (χ0n) is 12.5. The summed E-state index contributed by atoms with van der Waals surface area (Å²) in [5, 5.41) is 12.7. The van der Waals surface area contributed by atoms with Gasteiger partial charge in [0.2, 0.25) is 10.0 Å². The molecule has 118 valence electrons. The molecule has 0 aromatic carbocycles. The molecule has 1 fully saturated rings. The number of rotatable bonds is 6. The van der Waals surface area contributed by atoms with Crippen LogP contribution in [-0.4, -0.2) is 48.6 Å². The summed E-state index contributed by atoms with van der Waals surface area (Å²) >= 11 is 0. The van der Waals surface area contributed by atoms with Gasteiger partial charge in [-0.2, -0.15) is 4.31 Å². The summed E-state index contributed by atoms with van der Waals surface area (Å²) < 4.78 is 26.9. The molecule has 1 aromatic rings. The fourth-order valence-electron chi connectivity index (χ4n) is 2.48. The Kier molecular flexibility index (Phi) is 5.18. The van der Waals surface area contributed by atoms with Gasteiger partial charge >= 0.3 is 0 Å². The Morgan fingerprint density at radius 1 is 1.57 bits per heavy atom. The van der Waals surface area contributed by atoms with E-state index in [0.29, 0.717) is 31.9 Å². The molecule has 7 heteroatoms. The highest BCUT2D eigenvalue weighted by Gasteiger charge is 2.35. The van der Waals surface area contributed by atoms with Crippen LogP contribution in [0, 0.1) is 5.92 Å². The first-order valence-corrected chi connectivity index (χ1v) is 8.78. The van der Waals surface area contributed by atoms with E-state index in [1.54, 1.807) is 25.3 Å². The van der Waals surface area contributed by atoms with Crippen molar-refractivity contribution >= 4 is 15.8 Å². The molecule has 2 N–H and O–H groups in total. The summed E-state index contributed by atoms with van der Waals surface area (Å²) in [4.78, 5) is 4.35. The van der Waals surface area contributed by atoms with Crippen molar-refractivity contribution in [3.05, 3.63) is 18.3 Å². The number of aromatic nitrogens is 1. The maximum atomic E-state index is 12.8. The Labute approximate surface area is 126 Å². The molecule has 21 heavy (non-hydrogen) atoms. The number of hydrogen-bond donors (Lipinski definition) is 2. The lowest BCUT2D eigenvalue weighted by Gasteiger charge is -2.19. The number of sulfonamides is 1. The highest BCUT2D eigenvalue weighted by molar-refractivity contribution is 7.89. The molecule has 0 spiro atoms. The molecule has 6 nitrogen and oxygen atoms in total. The summed E-state index contributed by atoms with van der Waals surface area (Å²) in [7, 11) is -3.57. The topological polar surface area (TPSA) is 82.5 Å². The third kappa shape index (κ3) is 3.53. The van der Waals surface area contributed by atoms with Crippen molar-refractivity contribution in [3.8, 4) is 0 Å². The Morgan fingerprint density at radius 3 is 2.95 bits per heavy atom. The molecule has 0 bridgehead atoms. The van der Waals surface area contributed by atoms with Crippen molar-refractivity contribution in [2.45, 2.75) is 37.7 Å². The monoisotopic (exact) mass is 313 g/mol. The van der Waals surface area contributed by atoms with E-state index in [-0.39, 0.29) is 10.8 Å². The zero-order chi connectivity index (χ0) is 15.5. The van der Waals surface area contributed by atoms with Crippen LogP contribution in [0.1, 0.15) is 26.7 Å². The number of pyridine rings is 1. The first kappa shape index (κ1) is 16.2. The molecule has 1 aliphatic rings. The van der Waals surface area contributed by atoms with Gasteiger partial charge in [0.25, 0.3) is 0 Å². The lowest BCUT2D eigenvalue weighted by molar-refractivity contribution is 0.133. The van der Waals surface area contributed by atoms with Gasteiger partial charge in [0, 0.05) is 25.8 Å². The quantitative estimate of drug-likeness (QED) is 0.827. The minimum absolute atomic E-state index is 0.00324. The van der Waals surface area contributed by atoms with Crippen molar-refractivity contribution in [3.63, 3.8) is 0 Å². The molecule has 0 amide bonds. The molecule has 0 radical (unpaired) electrons. The van der Waals surface area contributed by atoms with Gasteiger partial charge in [-0.05, 0) is 37.8 Å². The van der Waals surface area contributed by atoms with E-state index >= 15 is 0 Å². The van der Waals surface area contributed by atoms with E-state index in [9.17, 15) is 13.5 Å². The van der Waals surface area contributed by atoms with Crippen LogP contribution in [0.25, 0.3) is 0 Å². The average molecular weight is 313 g/mol. The molecule has 1 aromatic heterocycles. The van der Waals surface area contributed by atoms with Crippen molar-refractivity contribution in [2.24, 2.45) is 5.92 Å². The van der Waals surface area contributed by atoms with Crippen molar-refractivity contribution in [1.82, 2.24) is 9.29 Å². The molecule has 2 atom stereocenters. The lowest BCUT2D eigenvalue weighted by atomic mass is 10.0. The first-order valence-electron chi connectivity index (χ1n) is 7.34. The van der Waals surface area contributed by atoms with Crippen molar-refractivity contribution in [2.75, 3.05) is 25.0 Å². The molecule has 2 heterocycles. The summed E-state index contributed by atoms with van der Waals surface area (Å²) in [6, 6.07) is 3.21. The van der Waals surface area contributed by atoms with Crippen LogP contribution in [0.4, 0.5) is 5.82 Å². The van der Waals surface area contributed by atoms with Gasteiger partial charge in [-0.25, -0.2) is 13.4 Å². The number of nitrogens with one attached hydrogen (secondary N) is 1. The molecule has 1 aliphatic heterocycles. The van der Waals surface area contributed by atoms with Crippen molar-refractivity contribution in [1.29, 1.82) is 0 Å². The number of anilines is 1. The van der Waals surface area contributed by atoms with Gasteiger partial charge < -0.3 is 10.4 Å². The molecule has 1 saturated heterocycles. The maximum Gasteiger partial charge on any atom is 0.246 e. The van der Waals surface area contributed by atoms with Crippen LogP contribution in [0.5, 0.6) is 0 Å². The number of aliphatic hydroxyl groups excluding tert-OH is 1. The highest BCUT2D eigenvalue weighted by atomic mass is 32.2.